The normalized spacial score (nSPS) is 20.5. The van der Waals surface area contributed by atoms with Crippen LogP contribution in [0.3, 0.4) is 0 Å². The Morgan fingerprint density at radius 3 is 3.07 bits per heavy atom. The minimum atomic E-state index is -0.0181. The van der Waals surface area contributed by atoms with Crippen molar-refractivity contribution in [2.24, 2.45) is 0 Å². The van der Waals surface area contributed by atoms with Gasteiger partial charge in [0, 0.05) is 24.2 Å². The molecule has 1 atom stereocenters. The van der Waals surface area contributed by atoms with Gasteiger partial charge in [-0.3, -0.25) is 4.79 Å². The lowest BCUT2D eigenvalue weighted by atomic mass is 10.2. The van der Waals surface area contributed by atoms with Gasteiger partial charge in [-0.15, -0.1) is 11.3 Å². The van der Waals surface area contributed by atoms with E-state index in [0.717, 1.165) is 17.9 Å². The molecule has 1 unspecified atom stereocenters. The molecule has 82 valence electrons. The lowest BCUT2D eigenvalue weighted by Gasteiger charge is -2.22. The van der Waals surface area contributed by atoms with E-state index in [1.54, 1.807) is 10.3 Å². The van der Waals surface area contributed by atoms with Gasteiger partial charge in [-0.05, 0) is 12.2 Å². The average Bonchev–Trinajstić information content (AvgIpc) is 2.85. The predicted octanol–water partition coefficient (Wildman–Crippen LogP) is 1.30. The molecule has 0 aliphatic carbocycles. The number of carbonyl (C=O) groups excluding carboxylic acids is 1. The summed E-state index contributed by atoms with van der Waals surface area (Å²) >= 11 is 3.20. The number of carbonyl (C=O) groups is 1. The summed E-state index contributed by atoms with van der Waals surface area (Å²) in [4.78, 5) is 17.7. The number of nitrogens with two attached hydrogens (primary N) is 1. The molecule has 1 aliphatic rings. The topological polar surface area (TPSA) is 59.2 Å². The van der Waals surface area contributed by atoms with Gasteiger partial charge in [-0.2, -0.15) is 11.8 Å². The van der Waals surface area contributed by atoms with Gasteiger partial charge in [0.25, 0.3) is 5.91 Å². The molecule has 1 aromatic heterocycles. The monoisotopic (exact) mass is 243 g/mol. The van der Waals surface area contributed by atoms with Crippen LogP contribution >= 0.6 is 23.1 Å². The SMILES string of the molecule is CN(C(=O)c1csc(N)n1)C1CCSC1. The van der Waals surface area contributed by atoms with Crippen molar-refractivity contribution in [1.82, 2.24) is 9.88 Å². The molecular formula is C9H13N3OS2. The summed E-state index contributed by atoms with van der Waals surface area (Å²) in [5.41, 5.74) is 5.97. The van der Waals surface area contributed by atoms with E-state index in [1.807, 2.05) is 18.8 Å². The second kappa shape index (κ2) is 4.40. The van der Waals surface area contributed by atoms with Crippen molar-refractivity contribution in [3.8, 4) is 0 Å². The quantitative estimate of drug-likeness (QED) is 0.850. The van der Waals surface area contributed by atoms with Crippen molar-refractivity contribution in [3.05, 3.63) is 11.1 Å². The summed E-state index contributed by atoms with van der Waals surface area (Å²) in [5.74, 6) is 2.15. The van der Waals surface area contributed by atoms with E-state index < -0.39 is 0 Å². The second-order valence-electron chi connectivity index (χ2n) is 3.50. The van der Waals surface area contributed by atoms with E-state index in [-0.39, 0.29) is 5.91 Å². The molecule has 0 bridgehead atoms. The summed E-state index contributed by atoms with van der Waals surface area (Å²) < 4.78 is 0. The molecule has 1 amide bonds. The molecule has 2 rings (SSSR count). The van der Waals surface area contributed by atoms with E-state index in [1.165, 1.54) is 11.3 Å². The minimum Gasteiger partial charge on any atom is -0.375 e. The standard InChI is InChI=1S/C9H13N3OS2/c1-12(6-2-3-14-4-6)8(13)7-5-15-9(10)11-7/h5-6H,2-4H2,1H3,(H2,10,11). The zero-order valence-corrected chi connectivity index (χ0v) is 10.1. The molecule has 6 heteroatoms. The fraction of sp³-hybridized carbons (Fsp3) is 0.556. The highest BCUT2D eigenvalue weighted by Gasteiger charge is 2.25. The summed E-state index contributed by atoms with van der Waals surface area (Å²) in [6.07, 6.45) is 1.08. The Morgan fingerprint density at radius 2 is 2.53 bits per heavy atom. The highest BCUT2D eigenvalue weighted by Crippen LogP contribution is 2.23. The number of thiazole rings is 1. The van der Waals surface area contributed by atoms with Crippen molar-refractivity contribution in [1.29, 1.82) is 0 Å². The van der Waals surface area contributed by atoms with E-state index in [4.69, 9.17) is 5.73 Å². The van der Waals surface area contributed by atoms with Crippen LogP contribution in [0.4, 0.5) is 5.13 Å². The van der Waals surface area contributed by atoms with E-state index in [2.05, 4.69) is 4.98 Å². The Balaban J connectivity index is 2.06. The number of anilines is 1. The van der Waals surface area contributed by atoms with Crippen LogP contribution in [0.15, 0.2) is 5.38 Å². The molecule has 0 saturated carbocycles. The van der Waals surface area contributed by atoms with Gasteiger partial charge >= 0.3 is 0 Å². The van der Waals surface area contributed by atoms with Gasteiger partial charge in [0.2, 0.25) is 0 Å². The first kappa shape index (κ1) is 10.8. The maximum absolute atomic E-state index is 12.0. The zero-order chi connectivity index (χ0) is 10.8. The molecule has 1 aliphatic heterocycles. The molecule has 2 N–H and O–H groups in total. The third kappa shape index (κ3) is 2.26. The molecular weight excluding hydrogens is 230 g/mol. The Hall–Kier alpha value is -0.750. The molecule has 1 aromatic rings. The molecule has 0 radical (unpaired) electrons. The van der Waals surface area contributed by atoms with Crippen molar-refractivity contribution >= 4 is 34.1 Å². The maximum Gasteiger partial charge on any atom is 0.273 e. The largest absolute Gasteiger partial charge is 0.375 e. The van der Waals surface area contributed by atoms with Crippen molar-refractivity contribution in [2.45, 2.75) is 12.5 Å². The Labute approximate surface area is 96.9 Å². The first-order valence-electron chi connectivity index (χ1n) is 4.74. The number of hydrogen-bond acceptors (Lipinski definition) is 5. The van der Waals surface area contributed by atoms with Crippen molar-refractivity contribution < 1.29 is 4.79 Å². The molecule has 15 heavy (non-hydrogen) atoms. The van der Waals surface area contributed by atoms with Crippen LogP contribution in [0, 0.1) is 0 Å². The first-order valence-corrected chi connectivity index (χ1v) is 6.78. The number of amides is 1. The van der Waals surface area contributed by atoms with Gasteiger partial charge in [0.05, 0.1) is 0 Å². The van der Waals surface area contributed by atoms with Gasteiger partial charge in [0.15, 0.2) is 5.13 Å². The lowest BCUT2D eigenvalue weighted by molar-refractivity contribution is 0.0743. The fourth-order valence-corrected chi connectivity index (χ4v) is 3.36. The van der Waals surface area contributed by atoms with Gasteiger partial charge in [0.1, 0.15) is 5.69 Å². The lowest BCUT2D eigenvalue weighted by Crippen LogP contribution is -2.37. The molecule has 2 heterocycles. The number of hydrogen-bond donors (Lipinski definition) is 1. The van der Waals surface area contributed by atoms with Crippen LogP contribution in [0.25, 0.3) is 0 Å². The van der Waals surface area contributed by atoms with E-state index in [9.17, 15) is 4.79 Å². The van der Waals surface area contributed by atoms with Crippen LogP contribution in [0.2, 0.25) is 0 Å². The summed E-state index contributed by atoms with van der Waals surface area (Å²) in [5, 5.41) is 2.17. The highest BCUT2D eigenvalue weighted by molar-refractivity contribution is 7.99. The Bertz CT molecular complexity index is 360. The van der Waals surface area contributed by atoms with Crippen LogP contribution in [-0.2, 0) is 0 Å². The van der Waals surface area contributed by atoms with E-state index in [0.29, 0.717) is 16.9 Å². The maximum atomic E-state index is 12.0. The van der Waals surface area contributed by atoms with Gasteiger partial charge < -0.3 is 10.6 Å². The first-order chi connectivity index (χ1) is 7.18. The van der Waals surface area contributed by atoms with E-state index >= 15 is 0 Å². The third-order valence-electron chi connectivity index (χ3n) is 2.51. The fourth-order valence-electron chi connectivity index (χ4n) is 1.56. The predicted molar refractivity (Wildman–Crippen MR) is 64.3 cm³/mol. The zero-order valence-electron chi connectivity index (χ0n) is 8.47. The third-order valence-corrected chi connectivity index (χ3v) is 4.33. The molecule has 1 fully saturated rings. The molecule has 1 saturated heterocycles. The van der Waals surface area contributed by atoms with Gasteiger partial charge in [-0.25, -0.2) is 4.98 Å². The summed E-state index contributed by atoms with van der Waals surface area (Å²) in [6.45, 7) is 0. The smallest absolute Gasteiger partial charge is 0.273 e. The van der Waals surface area contributed by atoms with Crippen LogP contribution < -0.4 is 5.73 Å². The minimum absolute atomic E-state index is 0.0181. The highest BCUT2D eigenvalue weighted by atomic mass is 32.2. The molecule has 4 nitrogen and oxygen atoms in total. The number of aromatic nitrogens is 1. The van der Waals surface area contributed by atoms with Crippen LogP contribution in [-0.4, -0.2) is 40.4 Å². The van der Waals surface area contributed by atoms with Crippen LogP contribution in [0.5, 0.6) is 0 Å². The summed E-state index contributed by atoms with van der Waals surface area (Å²) in [7, 11) is 1.84. The Kier molecular flexibility index (Phi) is 3.16. The number of nitrogens with zero attached hydrogens (tertiary/aromatic N) is 2. The van der Waals surface area contributed by atoms with Crippen LogP contribution in [0.1, 0.15) is 16.9 Å². The molecule has 0 aromatic carbocycles. The Morgan fingerprint density at radius 1 is 1.73 bits per heavy atom. The summed E-state index contributed by atoms with van der Waals surface area (Å²) in [6, 6.07) is 0.352. The molecule has 0 spiro atoms. The van der Waals surface area contributed by atoms with Gasteiger partial charge in [-0.1, -0.05) is 0 Å². The second-order valence-corrected chi connectivity index (χ2v) is 5.54. The number of thioether (sulfide) groups is 1. The number of rotatable bonds is 2. The van der Waals surface area contributed by atoms with Crippen molar-refractivity contribution in [3.63, 3.8) is 0 Å². The van der Waals surface area contributed by atoms with Crippen molar-refractivity contribution in [2.75, 3.05) is 24.3 Å². The number of nitrogen functional groups attached to an aromatic ring is 1. The average molecular weight is 243 g/mol.